The lowest BCUT2D eigenvalue weighted by molar-refractivity contribution is -0.0489. The molecule has 0 aromatic heterocycles. The van der Waals surface area contributed by atoms with Crippen molar-refractivity contribution in [1.29, 1.82) is 0 Å². The second-order valence-corrected chi connectivity index (χ2v) is 6.15. The zero-order chi connectivity index (χ0) is 9.60. The maximum atomic E-state index is 4.87. The SMILES string of the molecule is S=CNCC12CC3CC(CC(C3)C1)C2. The molecule has 0 aliphatic heterocycles. The third-order valence-corrected chi connectivity index (χ3v) is 4.89. The van der Waals surface area contributed by atoms with Crippen LogP contribution >= 0.6 is 12.2 Å². The summed E-state index contributed by atoms with van der Waals surface area (Å²) < 4.78 is 0. The molecule has 14 heavy (non-hydrogen) atoms. The van der Waals surface area contributed by atoms with E-state index in [4.69, 9.17) is 12.2 Å². The first-order valence-electron chi connectivity index (χ1n) is 5.97. The molecule has 0 unspecified atom stereocenters. The lowest BCUT2D eigenvalue weighted by Gasteiger charge is -2.56. The standard InChI is InChI=1S/C12H19NS/c14-8-13-7-12-4-9-1-10(5-12)3-11(2-9)6-12/h8-11H,1-7H2,(H,13,14). The summed E-state index contributed by atoms with van der Waals surface area (Å²) >= 11 is 4.87. The van der Waals surface area contributed by atoms with E-state index >= 15 is 0 Å². The Morgan fingerprint density at radius 3 is 2.00 bits per heavy atom. The van der Waals surface area contributed by atoms with Crippen molar-refractivity contribution in [3.63, 3.8) is 0 Å². The summed E-state index contributed by atoms with van der Waals surface area (Å²) in [5, 5.41) is 3.30. The Morgan fingerprint density at radius 1 is 1.07 bits per heavy atom. The molecule has 0 heterocycles. The lowest BCUT2D eigenvalue weighted by Crippen LogP contribution is -2.50. The molecule has 0 radical (unpaired) electrons. The van der Waals surface area contributed by atoms with E-state index in [1.54, 1.807) is 5.49 Å². The largest absolute Gasteiger partial charge is 0.382 e. The Labute approximate surface area is 91.6 Å². The number of hydrogen-bond acceptors (Lipinski definition) is 1. The maximum Gasteiger partial charge on any atom is 0.0615 e. The van der Waals surface area contributed by atoms with Crippen LogP contribution in [0.15, 0.2) is 0 Å². The predicted octanol–water partition coefficient (Wildman–Crippen LogP) is 2.75. The van der Waals surface area contributed by atoms with Gasteiger partial charge < -0.3 is 5.32 Å². The molecular formula is C12H19NS. The van der Waals surface area contributed by atoms with Gasteiger partial charge in [-0.05, 0) is 61.7 Å². The number of rotatable bonds is 3. The Balaban J connectivity index is 1.77. The molecule has 4 aliphatic rings. The molecule has 4 aliphatic carbocycles. The van der Waals surface area contributed by atoms with Crippen molar-refractivity contribution in [3.05, 3.63) is 0 Å². The van der Waals surface area contributed by atoms with Gasteiger partial charge in [-0.25, -0.2) is 0 Å². The van der Waals surface area contributed by atoms with Gasteiger partial charge in [0.2, 0.25) is 0 Å². The van der Waals surface area contributed by atoms with Gasteiger partial charge in [0.25, 0.3) is 0 Å². The molecule has 4 saturated carbocycles. The van der Waals surface area contributed by atoms with Crippen LogP contribution in [0.1, 0.15) is 38.5 Å². The highest BCUT2D eigenvalue weighted by Gasteiger charge is 2.50. The van der Waals surface area contributed by atoms with Crippen LogP contribution in [0.25, 0.3) is 0 Å². The summed E-state index contributed by atoms with van der Waals surface area (Å²) in [7, 11) is 0. The minimum atomic E-state index is 0.643. The molecule has 0 aromatic rings. The fourth-order valence-electron chi connectivity index (χ4n) is 4.76. The molecule has 1 nitrogen and oxygen atoms in total. The summed E-state index contributed by atoms with van der Waals surface area (Å²) in [5.41, 5.74) is 2.35. The Bertz CT molecular complexity index is 213. The molecule has 2 heteroatoms. The minimum absolute atomic E-state index is 0.643. The van der Waals surface area contributed by atoms with Gasteiger partial charge in [-0.15, -0.1) is 0 Å². The first-order valence-corrected chi connectivity index (χ1v) is 6.44. The Morgan fingerprint density at radius 2 is 1.57 bits per heavy atom. The highest BCUT2D eigenvalue weighted by Crippen LogP contribution is 2.59. The molecule has 0 saturated heterocycles. The summed E-state index contributed by atoms with van der Waals surface area (Å²) in [6, 6.07) is 0. The monoisotopic (exact) mass is 209 g/mol. The molecule has 1 N–H and O–H groups in total. The zero-order valence-electron chi connectivity index (χ0n) is 8.67. The van der Waals surface area contributed by atoms with E-state index in [1.807, 2.05) is 0 Å². The first kappa shape index (κ1) is 9.14. The van der Waals surface area contributed by atoms with Crippen molar-refractivity contribution in [2.24, 2.45) is 23.2 Å². The van der Waals surface area contributed by atoms with E-state index in [1.165, 1.54) is 38.5 Å². The summed E-state index contributed by atoms with van der Waals surface area (Å²) in [4.78, 5) is 0. The molecule has 0 spiro atoms. The normalized spacial score (nSPS) is 49.3. The van der Waals surface area contributed by atoms with Crippen LogP contribution in [-0.4, -0.2) is 12.0 Å². The molecular weight excluding hydrogens is 190 g/mol. The molecule has 0 atom stereocenters. The van der Waals surface area contributed by atoms with Gasteiger partial charge in [-0.2, -0.15) is 0 Å². The van der Waals surface area contributed by atoms with Crippen LogP contribution < -0.4 is 5.32 Å². The van der Waals surface area contributed by atoms with Crippen LogP contribution in [-0.2, 0) is 0 Å². The van der Waals surface area contributed by atoms with Crippen molar-refractivity contribution in [3.8, 4) is 0 Å². The van der Waals surface area contributed by atoms with E-state index in [2.05, 4.69) is 5.32 Å². The van der Waals surface area contributed by atoms with Crippen LogP contribution in [0.2, 0.25) is 0 Å². The zero-order valence-corrected chi connectivity index (χ0v) is 9.48. The van der Waals surface area contributed by atoms with Gasteiger partial charge in [-0.1, -0.05) is 12.2 Å². The Hall–Kier alpha value is -0.110. The van der Waals surface area contributed by atoms with Crippen molar-refractivity contribution in [1.82, 2.24) is 5.32 Å². The van der Waals surface area contributed by atoms with Crippen LogP contribution in [0, 0.1) is 23.2 Å². The van der Waals surface area contributed by atoms with E-state index in [0.29, 0.717) is 5.41 Å². The molecule has 78 valence electrons. The first-order chi connectivity index (χ1) is 6.80. The highest BCUT2D eigenvalue weighted by atomic mass is 32.1. The molecule has 0 aromatic carbocycles. The van der Waals surface area contributed by atoms with Gasteiger partial charge in [-0.3, -0.25) is 0 Å². The quantitative estimate of drug-likeness (QED) is 0.717. The maximum absolute atomic E-state index is 4.87. The van der Waals surface area contributed by atoms with Crippen molar-refractivity contribution < 1.29 is 0 Å². The van der Waals surface area contributed by atoms with Gasteiger partial charge >= 0.3 is 0 Å². The van der Waals surface area contributed by atoms with Gasteiger partial charge in [0.05, 0.1) is 5.49 Å². The Kier molecular flexibility index (Phi) is 2.08. The second kappa shape index (κ2) is 3.19. The van der Waals surface area contributed by atoms with Crippen LogP contribution in [0.3, 0.4) is 0 Å². The summed E-state index contributed by atoms with van der Waals surface area (Å²) in [5.74, 6) is 3.19. The smallest absolute Gasteiger partial charge is 0.0615 e. The fraction of sp³-hybridized carbons (Fsp3) is 0.917. The molecule has 4 fully saturated rings. The average Bonchev–Trinajstić information content (AvgIpc) is 2.12. The third kappa shape index (κ3) is 1.39. The van der Waals surface area contributed by atoms with Crippen molar-refractivity contribution in [2.45, 2.75) is 38.5 Å². The van der Waals surface area contributed by atoms with Crippen molar-refractivity contribution in [2.75, 3.05) is 6.54 Å². The van der Waals surface area contributed by atoms with Gasteiger partial charge in [0, 0.05) is 6.54 Å². The van der Waals surface area contributed by atoms with Crippen LogP contribution in [0.5, 0.6) is 0 Å². The lowest BCUT2D eigenvalue weighted by atomic mass is 9.49. The number of hydrogen-bond donors (Lipinski definition) is 1. The van der Waals surface area contributed by atoms with Gasteiger partial charge in [0.15, 0.2) is 0 Å². The predicted molar refractivity (Wildman–Crippen MR) is 62.3 cm³/mol. The fourth-order valence-corrected chi connectivity index (χ4v) is 4.85. The average molecular weight is 209 g/mol. The highest BCUT2D eigenvalue weighted by molar-refractivity contribution is 7.78. The van der Waals surface area contributed by atoms with E-state index in [0.717, 1.165) is 24.3 Å². The van der Waals surface area contributed by atoms with E-state index < -0.39 is 0 Å². The molecule has 4 rings (SSSR count). The topological polar surface area (TPSA) is 12.0 Å². The molecule has 4 bridgehead atoms. The third-order valence-electron chi connectivity index (χ3n) is 4.73. The molecule has 0 amide bonds. The minimum Gasteiger partial charge on any atom is -0.382 e. The van der Waals surface area contributed by atoms with Gasteiger partial charge in [0.1, 0.15) is 0 Å². The second-order valence-electron chi connectivity index (χ2n) is 5.92. The van der Waals surface area contributed by atoms with Crippen molar-refractivity contribution >= 4 is 17.7 Å². The summed E-state index contributed by atoms with van der Waals surface area (Å²) in [6.07, 6.45) is 9.06. The van der Waals surface area contributed by atoms with E-state index in [9.17, 15) is 0 Å². The number of thiocarbonyl (C=S) groups is 1. The van der Waals surface area contributed by atoms with E-state index in [-0.39, 0.29) is 0 Å². The van der Waals surface area contributed by atoms with Crippen LogP contribution in [0.4, 0.5) is 0 Å². The summed E-state index contributed by atoms with van der Waals surface area (Å²) in [6.45, 7) is 1.15. The number of nitrogens with one attached hydrogen (secondary N) is 1.